The lowest BCUT2D eigenvalue weighted by Crippen LogP contribution is -2.23. The average Bonchev–Trinajstić information content (AvgIpc) is 2.71. The van der Waals surface area contributed by atoms with Crippen molar-refractivity contribution in [3.8, 4) is 0 Å². The van der Waals surface area contributed by atoms with Gasteiger partial charge in [-0.1, -0.05) is 0 Å². The molecular weight excluding hydrogens is 160 g/mol. The van der Waals surface area contributed by atoms with E-state index in [2.05, 4.69) is 28.9 Å². The molecule has 13 heavy (non-hydrogen) atoms. The summed E-state index contributed by atoms with van der Waals surface area (Å²) in [7, 11) is 0. The SMILES string of the molecule is C[C@H](c1ccncc1)N1CCCC1. The summed E-state index contributed by atoms with van der Waals surface area (Å²) in [6.07, 6.45) is 6.47. The van der Waals surface area contributed by atoms with E-state index in [1.165, 1.54) is 31.5 Å². The Kier molecular flexibility index (Phi) is 2.60. The van der Waals surface area contributed by atoms with Gasteiger partial charge in [-0.2, -0.15) is 0 Å². The summed E-state index contributed by atoms with van der Waals surface area (Å²) >= 11 is 0. The van der Waals surface area contributed by atoms with Crippen LogP contribution in [-0.2, 0) is 0 Å². The van der Waals surface area contributed by atoms with Crippen molar-refractivity contribution in [1.29, 1.82) is 0 Å². The number of aromatic nitrogens is 1. The Hall–Kier alpha value is -0.890. The van der Waals surface area contributed by atoms with Crippen molar-refractivity contribution in [2.75, 3.05) is 13.1 Å². The summed E-state index contributed by atoms with van der Waals surface area (Å²) in [6, 6.07) is 4.79. The van der Waals surface area contributed by atoms with Crippen LogP contribution in [0.3, 0.4) is 0 Å². The van der Waals surface area contributed by atoms with Crippen LogP contribution in [0.25, 0.3) is 0 Å². The van der Waals surface area contributed by atoms with Gasteiger partial charge in [0.2, 0.25) is 0 Å². The molecule has 0 saturated carbocycles. The van der Waals surface area contributed by atoms with Crippen LogP contribution < -0.4 is 0 Å². The van der Waals surface area contributed by atoms with Crippen molar-refractivity contribution in [2.24, 2.45) is 0 Å². The second-order valence-electron chi connectivity index (χ2n) is 3.70. The van der Waals surface area contributed by atoms with E-state index in [1.54, 1.807) is 0 Å². The fourth-order valence-corrected chi connectivity index (χ4v) is 1.98. The Morgan fingerprint density at radius 2 is 1.85 bits per heavy atom. The van der Waals surface area contributed by atoms with E-state index in [1.807, 2.05) is 12.4 Å². The fourth-order valence-electron chi connectivity index (χ4n) is 1.98. The van der Waals surface area contributed by atoms with Gasteiger partial charge in [0.1, 0.15) is 0 Å². The zero-order valence-electron chi connectivity index (χ0n) is 8.11. The number of rotatable bonds is 2. The lowest BCUT2D eigenvalue weighted by atomic mass is 10.1. The summed E-state index contributed by atoms with van der Waals surface area (Å²) in [5.41, 5.74) is 1.39. The molecule has 1 saturated heterocycles. The normalized spacial score (nSPS) is 20.4. The first-order valence-corrected chi connectivity index (χ1v) is 5.02. The topological polar surface area (TPSA) is 16.1 Å². The average molecular weight is 176 g/mol. The quantitative estimate of drug-likeness (QED) is 0.687. The molecule has 2 heteroatoms. The first kappa shape index (κ1) is 8.70. The first-order valence-electron chi connectivity index (χ1n) is 5.02. The van der Waals surface area contributed by atoms with Gasteiger partial charge >= 0.3 is 0 Å². The summed E-state index contributed by atoms with van der Waals surface area (Å²) in [4.78, 5) is 6.57. The lowest BCUT2D eigenvalue weighted by molar-refractivity contribution is 0.263. The van der Waals surface area contributed by atoms with Crippen LogP contribution >= 0.6 is 0 Å². The van der Waals surface area contributed by atoms with Gasteiger partial charge in [0, 0.05) is 18.4 Å². The molecule has 0 N–H and O–H groups in total. The molecule has 2 nitrogen and oxygen atoms in total. The van der Waals surface area contributed by atoms with Gasteiger partial charge in [0.25, 0.3) is 0 Å². The van der Waals surface area contributed by atoms with Crippen molar-refractivity contribution < 1.29 is 0 Å². The molecule has 2 rings (SSSR count). The Bertz CT molecular complexity index is 252. The first-order chi connectivity index (χ1) is 6.38. The largest absolute Gasteiger partial charge is 0.297 e. The van der Waals surface area contributed by atoms with Crippen LogP contribution in [0.2, 0.25) is 0 Å². The van der Waals surface area contributed by atoms with E-state index >= 15 is 0 Å². The van der Waals surface area contributed by atoms with Crippen LogP contribution in [0.5, 0.6) is 0 Å². The third-order valence-corrected chi connectivity index (χ3v) is 2.88. The molecule has 1 aliphatic rings. The molecule has 0 aliphatic carbocycles. The van der Waals surface area contributed by atoms with Gasteiger partial charge in [-0.25, -0.2) is 0 Å². The highest BCUT2D eigenvalue weighted by molar-refractivity contribution is 5.14. The van der Waals surface area contributed by atoms with Crippen LogP contribution in [0.4, 0.5) is 0 Å². The maximum atomic E-state index is 4.04. The number of likely N-dealkylation sites (tertiary alicyclic amines) is 1. The molecule has 1 atom stereocenters. The Morgan fingerprint density at radius 1 is 1.23 bits per heavy atom. The molecule has 2 heterocycles. The van der Waals surface area contributed by atoms with Crippen molar-refractivity contribution in [3.05, 3.63) is 30.1 Å². The molecule has 0 aromatic carbocycles. The third-order valence-electron chi connectivity index (χ3n) is 2.88. The number of hydrogen-bond donors (Lipinski definition) is 0. The molecule has 1 aromatic rings. The number of pyridine rings is 1. The van der Waals surface area contributed by atoms with Crippen molar-refractivity contribution in [3.63, 3.8) is 0 Å². The highest BCUT2D eigenvalue weighted by Gasteiger charge is 2.18. The molecule has 1 aliphatic heterocycles. The Labute approximate surface area is 79.6 Å². The predicted octanol–water partition coefficient (Wildman–Crippen LogP) is 2.24. The lowest BCUT2D eigenvalue weighted by Gasteiger charge is -2.23. The van der Waals surface area contributed by atoms with E-state index in [0.29, 0.717) is 6.04 Å². The number of nitrogens with zero attached hydrogens (tertiary/aromatic N) is 2. The van der Waals surface area contributed by atoms with Gasteiger partial charge in [-0.3, -0.25) is 9.88 Å². The molecule has 1 fully saturated rings. The number of hydrogen-bond acceptors (Lipinski definition) is 2. The fraction of sp³-hybridized carbons (Fsp3) is 0.545. The Balaban J connectivity index is 2.08. The molecule has 0 unspecified atom stereocenters. The van der Waals surface area contributed by atoms with E-state index in [0.717, 1.165) is 0 Å². The minimum absolute atomic E-state index is 0.561. The van der Waals surface area contributed by atoms with Crippen molar-refractivity contribution in [1.82, 2.24) is 9.88 Å². The second-order valence-corrected chi connectivity index (χ2v) is 3.70. The second kappa shape index (κ2) is 3.88. The molecule has 0 radical (unpaired) electrons. The van der Waals surface area contributed by atoms with Gasteiger partial charge in [0.05, 0.1) is 0 Å². The van der Waals surface area contributed by atoms with Gasteiger partial charge < -0.3 is 0 Å². The van der Waals surface area contributed by atoms with Gasteiger partial charge in [-0.05, 0) is 50.6 Å². The minimum Gasteiger partial charge on any atom is -0.297 e. The standard InChI is InChI=1S/C11H16N2/c1-10(13-8-2-3-9-13)11-4-6-12-7-5-11/h4-7,10H,2-3,8-9H2,1H3/t10-/m1/s1. The molecule has 0 bridgehead atoms. The van der Waals surface area contributed by atoms with Gasteiger partial charge in [-0.15, -0.1) is 0 Å². The van der Waals surface area contributed by atoms with E-state index in [-0.39, 0.29) is 0 Å². The van der Waals surface area contributed by atoms with Crippen LogP contribution in [0, 0.1) is 0 Å². The Morgan fingerprint density at radius 3 is 2.46 bits per heavy atom. The molecule has 0 amide bonds. The maximum Gasteiger partial charge on any atom is 0.0320 e. The summed E-state index contributed by atoms with van der Waals surface area (Å²) in [6.45, 7) is 4.79. The van der Waals surface area contributed by atoms with Crippen molar-refractivity contribution in [2.45, 2.75) is 25.8 Å². The zero-order chi connectivity index (χ0) is 9.10. The highest BCUT2D eigenvalue weighted by Crippen LogP contribution is 2.23. The summed E-state index contributed by atoms with van der Waals surface area (Å²) < 4.78 is 0. The van der Waals surface area contributed by atoms with Crippen LogP contribution in [0.15, 0.2) is 24.5 Å². The molecule has 70 valence electrons. The smallest absolute Gasteiger partial charge is 0.0320 e. The molecule has 1 aromatic heterocycles. The highest BCUT2D eigenvalue weighted by atomic mass is 15.2. The monoisotopic (exact) mass is 176 g/mol. The zero-order valence-corrected chi connectivity index (χ0v) is 8.11. The van der Waals surface area contributed by atoms with Gasteiger partial charge in [0.15, 0.2) is 0 Å². The molecular formula is C11H16N2. The summed E-state index contributed by atoms with van der Waals surface area (Å²) in [5, 5.41) is 0. The minimum atomic E-state index is 0.561. The maximum absolute atomic E-state index is 4.04. The summed E-state index contributed by atoms with van der Waals surface area (Å²) in [5.74, 6) is 0. The van der Waals surface area contributed by atoms with Crippen LogP contribution in [0.1, 0.15) is 31.4 Å². The predicted molar refractivity (Wildman–Crippen MR) is 53.5 cm³/mol. The molecule has 0 spiro atoms. The van der Waals surface area contributed by atoms with E-state index in [9.17, 15) is 0 Å². The van der Waals surface area contributed by atoms with E-state index in [4.69, 9.17) is 0 Å². The third kappa shape index (κ3) is 1.89. The van der Waals surface area contributed by atoms with Crippen LogP contribution in [-0.4, -0.2) is 23.0 Å². The van der Waals surface area contributed by atoms with Crippen molar-refractivity contribution >= 4 is 0 Å². The van der Waals surface area contributed by atoms with E-state index < -0.39 is 0 Å².